The summed E-state index contributed by atoms with van der Waals surface area (Å²) in [5.74, 6) is 0. The first kappa shape index (κ1) is 8.43. The number of para-hydroxylation sites is 1. The van der Waals surface area contributed by atoms with E-state index in [1.165, 1.54) is 0 Å². The average Bonchev–Trinajstić information content (AvgIpc) is 2.57. The van der Waals surface area contributed by atoms with E-state index in [4.69, 9.17) is 16.6 Å². The van der Waals surface area contributed by atoms with E-state index < -0.39 is 0 Å². The number of hydrogen-bond acceptors (Lipinski definition) is 3. The lowest BCUT2D eigenvalue weighted by atomic mass is 10.2. The highest BCUT2D eigenvalue weighted by Crippen LogP contribution is 2.23. The predicted octanol–water partition coefficient (Wildman–Crippen LogP) is 2.33. The van der Waals surface area contributed by atoms with E-state index in [1.54, 1.807) is 0 Å². The Labute approximate surface area is 88.5 Å². The molecule has 0 spiro atoms. The first-order valence-corrected chi connectivity index (χ1v) is 4.80. The van der Waals surface area contributed by atoms with E-state index >= 15 is 0 Å². The van der Waals surface area contributed by atoms with Crippen molar-refractivity contribution in [3.8, 4) is 0 Å². The van der Waals surface area contributed by atoms with Gasteiger partial charge in [-0.25, -0.2) is 0 Å². The average molecular weight is 218 g/mol. The molecule has 0 fully saturated rings. The van der Waals surface area contributed by atoms with Gasteiger partial charge in [0, 0.05) is 5.39 Å². The van der Waals surface area contributed by atoms with Crippen LogP contribution in [0.25, 0.3) is 22.1 Å². The Bertz CT molecular complexity index is 766. The molecule has 3 aromatic rings. The SMILES string of the molecule is O=c1[nH]c(=S)[nH]c2c1oc1ccccc12. The molecule has 15 heavy (non-hydrogen) atoms. The van der Waals surface area contributed by atoms with Crippen LogP contribution in [-0.4, -0.2) is 9.97 Å². The van der Waals surface area contributed by atoms with Gasteiger partial charge < -0.3 is 9.40 Å². The van der Waals surface area contributed by atoms with Crippen molar-refractivity contribution >= 4 is 34.3 Å². The monoisotopic (exact) mass is 218 g/mol. The quantitative estimate of drug-likeness (QED) is 0.569. The van der Waals surface area contributed by atoms with E-state index in [-0.39, 0.29) is 11.1 Å². The number of aromatic nitrogens is 2. The van der Waals surface area contributed by atoms with Gasteiger partial charge in [0.15, 0.2) is 4.77 Å². The van der Waals surface area contributed by atoms with Gasteiger partial charge in [-0.3, -0.25) is 9.78 Å². The summed E-state index contributed by atoms with van der Waals surface area (Å²) in [5, 5.41) is 0.865. The largest absolute Gasteiger partial charge is 0.449 e. The molecule has 3 rings (SSSR count). The number of hydrogen-bond donors (Lipinski definition) is 2. The number of aromatic amines is 2. The Morgan fingerprint density at radius 1 is 1.20 bits per heavy atom. The minimum Gasteiger partial charge on any atom is -0.449 e. The summed E-state index contributed by atoms with van der Waals surface area (Å²) in [6.07, 6.45) is 0. The molecule has 0 saturated carbocycles. The van der Waals surface area contributed by atoms with Gasteiger partial charge in [0.25, 0.3) is 5.56 Å². The lowest BCUT2D eigenvalue weighted by molar-refractivity contribution is 0.661. The first-order chi connectivity index (χ1) is 7.25. The van der Waals surface area contributed by atoms with Gasteiger partial charge in [-0.15, -0.1) is 0 Å². The van der Waals surface area contributed by atoms with Crippen molar-refractivity contribution in [1.82, 2.24) is 9.97 Å². The fourth-order valence-corrected chi connectivity index (χ4v) is 1.83. The highest BCUT2D eigenvalue weighted by atomic mass is 32.1. The van der Waals surface area contributed by atoms with Gasteiger partial charge in [-0.1, -0.05) is 12.1 Å². The van der Waals surface area contributed by atoms with Crippen molar-refractivity contribution in [3.05, 3.63) is 39.4 Å². The van der Waals surface area contributed by atoms with E-state index in [0.717, 1.165) is 5.39 Å². The van der Waals surface area contributed by atoms with Crippen LogP contribution >= 0.6 is 12.2 Å². The predicted molar refractivity (Wildman–Crippen MR) is 59.5 cm³/mol. The third-order valence-electron chi connectivity index (χ3n) is 2.27. The first-order valence-electron chi connectivity index (χ1n) is 4.39. The molecule has 0 saturated heterocycles. The topological polar surface area (TPSA) is 61.8 Å². The molecule has 2 N–H and O–H groups in total. The summed E-state index contributed by atoms with van der Waals surface area (Å²) >= 11 is 4.90. The summed E-state index contributed by atoms with van der Waals surface area (Å²) in [6, 6.07) is 7.43. The third kappa shape index (κ3) is 1.13. The normalized spacial score (nSPS) is 11.2. The number of H-pyrrole nitrogens is 2. The molecule has 5 heteroatoms. The number of furan rings is 1. The van der Waals surface area contributed by atoms with Gasteiger partial charge in [-0.05, 0) is 24.4 Å². The summed E-state index contributed by atoms with van der Waals surface area (Å²) in [7, 11) is 0. The molecule has 2 aromatic heterocycles. The molecule has 74 valence electrons. The van der Waals surface area contributed by atoms with Crippen molar-refractivity contribution in [2.45, 2.75) is 0 Å². The maximum Gasteiger partial charge on any atom is 0.295 e. The van der Waals surface area contributed by atoms with Gasteiger partial charge in [0.2, 0.25) is 5.58 Å². The van der Waals surface area contributed by atoms with Crippen LogP contribution in [0.1, 0.15) is 0 Å². The van der Waals surface area contributed by atoms with Crippen LogP contribution in [0.4, 0.5) is 0 Å². The van der Waals surface area contributed by atoms with Gasteiger partial charge in [0.05, 0.1) is 0 Å². The summed E-state index contributed by atoms with van der Waals surface area (Å²) in [5.41, 5.74) is 1.31. The fourth-order valence-electron chi connectivity index (χ4n) is 1.63. The molecule has 0 radical (unpaired) electrons. The molecule has 0 amide bonds. The molecule has 4 nitrogen and oxygen atoms in total. The molecule has 1 aromatic carbocycles. The molecule has 0 aliphatic carbocycles. The van der Waals surface area contributed by atoms with Crippen LogP contribution in [0.15, 0.2) is 33.5 Å². The van der Waals surface area contributed by atoms with Gasteiger partial charge in [0.1, 0.15) is 11.1 Å². The molecule has 0 bridgehead atoms. The van der Waals surface area contributed by atoms with Crippen molar-refractivity contribution in [1.29, 1.82) is 0 Å². The van der Waals surface area contributed by atoms with Crippen LogP contribution in [0.5, 0.6) is 0 Å². The minimum atomic E-state index is -0.301. The van der Waals surface area contributed by atoms with Gasteiger partial charge in [-0.2, -0.15) is 0 Å². The number of rotatable bonds is 0. The summed E-state index contributed by atoms with van der Waals surface area (Å²) in [4.78, 5) is 16.9. The van der Waals surface area contributed by atoms with E-state index in [1.807, 2.05) is 24.3 Å². The third-order valence-corrected chi connectivity index (χ3v) is 2.47. The Hall–Kier alpha value is -1.88. The zero-order valence-corrected chi connectivity index (χ0v) is 8.35. The van der Waals surface area contributed by atoms with Crippen LogP contribution in [0.3, 0.4) is 0 Å². The highest BCUT2D eigenvalue weighted by Gasteiger charge is 2.09. The second-order valence-corrected chi connectivity index (χ2v) is 3.62. The molecule has 0 unspecified atom stereocenters. The van der Waals surface area contributed by atoms with Crippen molar-refractivity contribution in [3.63, 3.8) is 0 Å². The maximum absolute atomic E-state index is 11.5. The van der Waals surface area contributed by atoms with Gasteiger partial charge >= 0.3 is 0 Å². The van der Waals surface area contributed by atoms with Crippen molar-refractivity contribution < 1.29 is 4.42 Å². The molecular weight excluding hydrogens is 212 g/mol. The minimum absolute atomic E-state index is 0.282. The highest BCUT2D eigenvalue weighted by molar-refractivity contribution is 7.71. The molecule has 0 aliphatic heterocycles. The van der Waals surface area contributed by atoms with Crippen LogP contribution < -0.4 is 5.56 Å². The number of benzene rings is 1. The van der Waals surface area contributed by atoms with Crippen LogP contribution in [-0.2, 0) is 0 Å². The van der Waals surface area contributed by atoms with Crippen LogP contribution in [0, 0.1) is 4.77 Å². The Morgan fingerprint density at radius 2 is 2.00 bits per heavy atom. The Kier molecular flexibility index (Phi) is 1.58. The lowest BCUT2D eigenvalue weighted by Crippen LogP contribution is -2.05. The standard InChI is InChI=1S/C10H6N2O2S/c13-9-8-7(11-10(15)12-9)5-3-1-2-4-6(5)14-8/h1-4H,(H2,11,12,13,15). The zero-order valence-electron chi connectivity index (χ0n) is 7.53. The Morgan fingerprint density at radius 3 is 2.87 bits per heavy atom. The number of nitrogens with one attached hydrogen (secondary N) is 2. The second-order valence-electron chi connectivity index (χ2n) is 3.21. The smallest absolute Gasteiger partial charge is 0.295 e. The number of fused-ring (bicyclic) bond motifs is 3. The molecule has 0 aliphatic rings. The van der Waals surface area contributed by atoms with Crippen molar-refractivity contribution in [2.75, 3.05) is 0 Å². The molecule has 0 atom stereocenters. The fraction of sp³-hybridized carbons (Fsp3) is 0. The zero-order chi connectivity index (χ0) is 10.4. The second kappa shape index (κ2) is 2.80. The maximum atomic E-state index is 11.5. The lowest BCUT2D eigenvalue weighted by Gasteiger charge is -1.88. The molecule has 2 heterocycles. The van der Waals surface area contributed by atoms with E-state index in [9.17, 15) is 4.79 Å². The Balaban J connectivity index is 2.73. The van der Waals surface area contributed by atoms with E-state index in [2.05, 4.69) is 9.97 Å². The van der Waals surface area contributed by atoms with Crippen LogP contribution in [0.2, 0.25) is 0 Å². The molecular formula is C10H6N2O2S. The van der Waals surface area contributed by atoms with Crippen molar-refractivity contribution in [2.24, 2.45) is 0 Å². The summed E-state index contributed by atoms with van der Waals surface area (Å²) < 4.78 is 5.72. The van der Waals surface area contributed by atoms with E-state index in [0.29, 0.717) is 15.9 Å². The summed E-state index contributed by atoms with van der Waals surface area (Å²) in [6.45, 7) is 0.